The van der Waals surface area contributed by atoms with E-state index in [1.807, 2.05) is 79.7 Å². The van der Waals surface area contributed by atoms with Gasteiger partial charge in [-0.15, -0.1) is 0 Å². The zero-order valence-corrected chi connectivity index (χ0v) is 16.7. The van der Waals surface area contributed by atoms with Crippen molar-refractivity contribution in [2.75, 3.05) is 14.2 Å². The van der Waals surface area contributed by atoms with E-state index < -0.39 is 5.54 Å². The van der Waals surface area contributed by atoms with E-state index in [9.17, 15) is 4.79 Å². The number of carbonyl (C=O) groups excluding carboxylic acids is 1. The number of ether oxygens (including phenoxy) is 1. The van der Waals surface area contributed by atoms with Crippen molar-refractivity contribution in [1.82, 2.24) is 4.90 Å². The summed E-state index contributed by atoms with van der Waals surface area (Å²) in [4.78, 5) is 19.5. The van der Waals surface area contributed by atoms with Crippen LogP contribution in [0.5, 0.6) is 5.75 Å². The van der Waals surface area contributed by atoms with Crippen LogP contribution in [-0.2, 0) is 10.3 Å². The number of aryl methyl sites for hydroxylation is 1. The summed E-state index contributed by atoms with van der Waals surface area (Å²) >= 11 is 0. The largest absolute Gasteiger partial charge is 0.497 e. The Hall–Kier alpha value is -3.60. The third-order valence-corrected chi connectivity index (χ3v) is 5.36. The number of benzene rings is 3. The average Bonchev–Trinajstić information content (AvgIpc) is 2.99. The predicted octanol–water partition coefficient (Wildman–Crippen LogP) is 3.70. The highest BCUT2D eigenvalue weighted by atomic mass is 16.5. The van der Waals surface area contributed by atoms with E-state index in [2.05, 4.69) is 4.99 Å². The minimum atomic E-state index is -1.19. The molecule has 5 nitrogen and oxygen atoms in total. The summed E-state index contributed by atoms with van der Waals surface area (Å²) in [6.07, 6.45) is 0. The predicted molar refractivity (Wildman–Crippen MR) is 115 cm³/mol. The van der Waals surface area contributed by atoms with Crippen molar-refractivity contribution < 1.29 is 9.53 Å². The lowest BCUT2D eigenvalue weighted by Crippen LogP contribution is -2.41. The summed E-state index contributed by atoms with van der Waals surface area (Å²) < 4.78 is 5.35. The van der Waals surface area contributed by atoms with Gasteiger partial charge >= 0.3 is 0 Å². The van der Waals surface area contributed by atoms with Crippen molar-refractivity contribution in [3.05, 3.63) is 89.5 Å². The maximum atomic E-state index is 13.4. The highest BCUT2D eigenvalue weighted by Crippen LogP contribution is 2.40. The van der Waals surface area contributed by atoms with Crippen LogP contribution < -0.4 is 10.5 Å². The summed E-state index contributed by atoms with van der Waals surface area (Å²) in [6.45, 7) is 2.00. The SMILES string of the molecule is COc1cccc(-c2cccc(C3(c4cccc(C)c4)N=C(N)N(C)C3=O)c2)c1. The van der Waals surface area contributed by atoms with Gasteiger partial charge in [-0.2, -0.15) is 0 Å². The van der Waals surface area contributed by atoms with Gasteiger partial charge in [-0.1, -0.05) is 60.2 Å². The zero-order valence-electron chi connectivity index (χ0n) is 16.7. The molecule has 0 bridgehead atoms. The maximum Gasteiger partial charge on any atom is 0.266 e. The molecule has 1 aliphatic heterocycles. The van der Waals surface area contributed by atoms with E-state index in [1.165, 1.54) is 4.90 Å². The number of hydrogen-bond acceptors (Lipinski definition) is 4. The zero-order chi connectivity index (χ0) is 20.6. The lowest BCUT2D eigenvalue weighted by atomic mass is 9.81. The van der Waals surface area contributed by atoms with Crippen LogP contribution in [0.2, 0.25) is 0 Å². The lowest BCUT2D eigenvalue weighted by Gasteiger charge is -2.27. The van der Waals surface area contributed by atoms with Gasteiger partial charge in [0.15, 0.2) is 11.5 Å². The van der Waals surface area contributed by atoms with Gasteiger partial charge in [0.2, 0.25) is 0 Å². The summed E-state index contributed by atoms with van der Waals surface area (Å²) in [7, 11) is 3.30. The number of rotatable bonds is 4. The van der Waals surface area contributed by atoms with E-state index in [-0.39, 0.29) is 11.9 Å². The first-order valence-corrected chi connectivity index (χ1v) is 9.41. The van der Waals surface area contributed by atoms with Crippen LogP contribution >= 0.6 is 0 Å². The Morgan fingerprint density at radius 1 is 0.931 bits per heavy atom. The van der Waals surface area contributed by atoms with E-state index in [4.69, 9.17) is 10.5 Å². The van der Waals surface area contributed by atoms with Crippen LogP contribution in [0.15, 0.2) is 77.8 Å². The van der Waals surface area contributed by atoms with Gasteiger partial charge < -0.3 is 10.5 Å². The van der Waals surface area contributed by atoms with Crippen molar-refractivity contribution in [3.8, 4) is 16.9 Å². The molecule has 0 spiro atoms. The fourth-order valence-electron chi connectivity index (χ4n) is 3.78. The van der Waals surface area contributed by atoms with Crippen molar-refractivity contribution >= 4 is 11.9 Å². The molecule has 4 rings (SSSR count). The van der Waals surface area contributed by atoms with Crippen LogP contribution in [-0.4, -0.2) is 30.9 Å². The smallest absolute Gasteiger partial charge is 0.266 e. The average molecular weight is 385 g/mol. The molecule has 5 heteroatoms. The highest BCUT2D eigenvalue weighted by molar-refractivity contribution is 6.09. The second-order valence-corrected chi connectivity index (χ2v) is 7.23. The van der Waals surface area contributed by atoms with Crippen LogP contribution in [0.3, 0.4) is 0 Å². The Balaban J connectivity index is 1.92. The van der Waals surface area contributed by atoms with E-state index in [0.29, 0.717) is 0 Å². The van der Waals surface area contributed by atoms with E-state index >= 15 is 0 Å². The molecule has 3 aromatic carbocycles. The molecule has 0 radical (unpaired) electrons. The number of nitrogens with zero attached hydrogens (tertiary/aromatic N) is 2. The highest BCUT2D eigenvalue weighted by Gasteiger charge is 2.49. The molecule has 1 heterocycles. The molecule has 0 fully saturated rings. The van der Waals surface area contributed by atoms with Crippen molar-refractivity contribution in [3.63, 3.8) is 0 Å². The topological polar surface area (TPSA) is 67.9 Å². The van der Waals surface area contributed by atoms with Gasteiger partial charge in [0.1, 0.15) is 5.75 Å². The molecule has 1 atom stereocenters. The van der Waals surface area contributed by atoms with Gasteiger partial charge in [-0.3, -0.25) is 9.69 Å². The first kappa shape index (κ1) is 18.7. The van der Waals surface area contributed by atoms with Gasteiger partial charge in [0.25, 0.3) is 5.91 Å². The number of hydrogen-bond donors (Lipinski definition) is 1. The van der Waals surface area contributed by atoms with Gasteiger partial charge in [0.05, 0.1) is 7.11 Å². The molecule has 2 N–H and O–H groups in total. The summed E-state index contributed by atoms with van der Waals surface area (Å²) in [5.74, 6) is 0.826. The first-order chi connectivity index (χ1) is 14.0. The fraction of sp³-hybridized carbons (Fsp3) is 0.167. The third kappa shape index (κ3) is 3.05. The van der Waals surface area contributed by atoms with E-state index in [1.54, 1.807) is 14.2 Å². The number of methoxy groups -OCH3 is 1. The molecule has 1 unspecified atom stereocenters. The molecular formula is C24H23N3O2. The quantitative estimate of drug-likeness (QED) is 0.745. The fourth-order valence-corrected chi connectivity index (χ4v) is 3.78. The van der Waals surface area contributed by atoms with Crippen molar-refractivity contribution in [2.45, 2.75) is 12.5 Å². The maximum absolute atomic E-state index is 13.4. The van der Waals surface area contributed by atoms with Crippen LogP contribution in [0.4, 0.5) is 0 Å². The summed E-state index contributed by atoms with van der Waals surface area (Å²) in [5.41, 5.74) is 9.50. The Morgan fingerprint density at radius 2 is 1.55 bits per heavy atom. The molecule has 0 saturated carbocycles. The standard InChI is InChI=1S/C24H23N3O2/c1-16-7-4-10-19(13-16)24(22(28)27(2)23(25)26-24)20-11-5-8-17(14-20)18-9-6-12-21(15-18)29-3/h4-15H,1-3H3,(H2,25,26). The molecule has 29 heavy (non-hydrogen) atoms. The molecular weight excluding hydrogens is 362 g/mol. The normalized spacial score (nSPS) is 18.7. The molecule has 3 aromatic rings. The lowest BCUT2D eigenvalue weighted by molar-refractivity contribution is -0.129. The summed E-state index contributed by atoms with van der Waals surface area (Å²) in [5, 5.41) is 0. The molecule has 146 valence electrons. The summed E-state index contributed by atoms with van der Waals surface area (Å²) in [6, 6.07) is 23.6. The monoisotopic (exact) mass is 385 g/mol. The van der Waals surface area contributed by atoms with Crippen LogP contribution in [0.25, 0.3) is 11.1 Å². The molecule has 0 saturated heterocycles. The number of amides is 1. The second-order valence-electron chi connectivity index (χ2n) is 7.23. The molecule has 0 aliphatic carbocycles. The second kappa shape index (κ2) is 7.09. The van der Waals surface area contributed by atoms with Crippen LogP contribution in [0.1, 0.15) is 16.7 Å². The third-order valence-electron chi connectivity index (χ3n) is 5.36. The Morgan fingerprint density at radius 3 is 2.17 bits per heavy atom. The molecule has 1 amide bonds. The van der Waals surface area contributed by atoms with Crippen molar-refractivity contribution in [2.24, 2.45) is 10.7 Å². The number of nitrogens with two attached hydrogens (primary N) is 1. The number of aliphatic imine (C=N–C) groups is 1. The van der Waals surface area contributed by atoms with E-state index in [0.717, 1.165) is 33.6 Å². The Bertz CT molecular complexity index is 1120. The number of guanidine groups is 1. The van der Waals surface area contributed by atoms with Crippen molar-refractivity contribution in [1.29, 1.82) is 0 Å². The minimum absolute atomic E-state index is 0.164. The Labute approximate surface area is 170 Å². The van der Waals surface area contributed by atoms with Gasteiger partial charge in [0, 0.05) is 7.05 Å². The number of likely N-dealkylation sites (N-methyl/N-ethyl adjacent to an activating group) is 1. The Kier molecular flexibility index (Phi) is 4.59. The van der Waals surface area contributed by atoms with Gasteiger partial charge in [-0.05, 0) is 47.4 Å². The first-order valence-electron chi connectivity index (χ1n) is 9.41. The van der Waals surface area contributed by atoms with Gasteiger partial charge in [-0.25, -0.2) is 4.99 Å². The van der Waals surface area contributed by atoms with Crippen LogP contribution in [0, 0.1) is 6.92 Å². The molecule has 0 aromatic heterocycles. The number of carbonyl (C=O) groups is 1. The molecule has 1 aliphatic rings. The minimum Gasteiger partial charge on any atom is -0.497 e.